The lowest BCUT2D eigenvalue weighted by atomic mass is 9.68. The first-order chi connectivity index (χ1) is 9.06. The SMILES string of the molecule is CC(C)[C@@H]1CC[C@@H](C)C[C@H]1C(=O)CCCNCCN. The molecule has 0 saturated heterocycles. The van der Waals surface area contributed by atoms with E-state index in [1.807, 2.05) is 0 Å². The van der Waals surface area contributed by atoms with Crippen molar-refractivity contribution in [3.05, 3.63) is 0 Å². The molecule has 0 aromatic carbocycles. The van der Waals surface area contributed by atoms with Crippen LogP contribution in [-0.2, 0) is 4.79 Å². The summed E-state index contributed by atoms with van der Waals surface area (Å²) in [4.78, 5) is 12.4. The number of carbonyl (C=O) groups is 1. The Labute approximate surface area is 118 Å². The van der Waals surface area contributed by atoms with Crippen molar-refractivity contribution in [3.8, 4) is 0 Å². The van der Waals surface area contributed by atoms with Gasteiger partial charge in [0.25, 0.3) is 0 Å². The van der Waals surface area contributed by atoms with Crippen LogP contribution in [0.3, 0.4) is 0 Å². The topological polar surface area (TPSA) is 55.1 Å². The smallest absolute Gasteiger partial charge is 0.136 e. The first-order valence-electron chi connectivity index (χ1n) is 7.99. The van der Waals surface area contributed by atoms with E-state index in [9.17, 15) is 4.79 Å². The Morgan fingerprint density at radius 2 is 2.05 bits per heavy atom. The molecule has 0 aliphatic heterocycles. The maximum atomic E-state index is 12.4. The van der Waals surface area contributed by atoms with Crippen molar-refractivity contribution < 1.29 is 4.79 Å². The highest BCUT2D eigenvalue weighted by Gasteiger charge is 2.34. The van der Waals surface area contributed by atoms with Crippen LogP contribution in [0.1, 0.15) is 52.9 Å². The highest BCUT2D eigenvalue weighted by atomic mass is 16.1. The molecular formula is C16H32N2O. The van der Waals surface area contributed by atoms with Crippen LogP contribution < -0.4 is 11.1 Å². The van der Waals surface area contributed by atoms with Crippen LogP contribution in [0.15, 0.2) is 0 Å². The fourth-order valence-electron chi connectivity index (χ4n) is 3.37. The Hall–Kier alpha value is -0.410. The van der Waals surface area contributed by atoms with Crippen LogP contribution in [0.4, 0.5) is 0 Å². The normalized spacial score (nSPS) is 27.7. The zero-order chi connectivity index (χ0) is 14.3. The fourth-order valence-corrected chi connectivity index (χ4v) is 3.37. The van der Waals surface area contributed by atoms with Gasteiger partial charge in [-0.2, -0.15) is 0 Å². The highest BCUT2D eigenvalue weighted by Crippen LogP contribution is 2.39. The zero-order valence-corrected chi connectivity index (χ0v) is 13.0. The number of nitrogens with one attached hydrogen (secondary N) is 1. The van der Waals surface area contributed by atoms with Gasteiger partial charge in [0.05, 0.1) is 0 Å². The third-order valence-electron chi connectivity index (χ3n) is 4.53. The second-order valence-electron chi connectivity index (χ2n) is 6.54. The summed E-state index contributed by atoms with van der Waals surface area (Å²) in [5.41, 5.74) is 5.42. The zero-order valence-electron chi connectivity index (χ0n) is 13.0. The van der Waals surface area contributed by atoms with Gasteiger partial charge >= 0.3 is 0 Å². The van der Waals surface area contributed by atoms with Gasteiger partial charge in [0.2, 0.25) is 0 Å². The van der Waals surface area contributed by atoms with E-state index in [2.05, 4.69) is 26.1 Å². The first-order valence-corrected chi connectivity index (χ1v) is 7.99. The molecule has 0 spiro atoms. The van der Waals surface area contributed by atoms with Gasteiger partial charge in [-0.25, -0.2) is 0 Å². The summed E-state index contributed by atoms with van der Waals surface area (Å²) < 4.78 is 0. The Morgan fingerprint density at radius 3 is 2.68 bits per heavy atom. The van der Waals surface area contributed by atoms with Crippen molar-refractivity contribution in [2.75, 3.05) is 19.6 Å². The Morgan fingerprint density at radius 1 is 1.32 bits per heavy atom. The van der Waals surface area contributed by atoms with E-state index in [4.69, 9.17) is 5.73 Å². The minimum atomic E-state index is 0.318. The number of hydrogen-bond acceptors (Lipinski definition) is 3. The lowest BCUT2D eigenvalue weighted by Gasteiger charge is -2.36. The molecule has 19 heavy (non-hydrogen) atoms. The molecule has 0 unspecified atom stereocenters. The summed E-state index contributed by atoms with van der Waals surface area (Å²) in [6.07, 6.45) is 5.33. The van der Waals surface area contributed by atoms with Crippen LogP contribution in [0.2, 0.25) is 0 Å². The highest BCUT2D eigenvalue weighted by molar-refractivity contribution is 5.81. The molecule has 1 fully saturated rings. The Balaban J connectivity index is 2.38. The van der Waals surface area contributed by atoms with Crippen molar-refractivity contribution in [1.82, 2.24) is 5.32 Å². The summed E-state index contributed by atoms with van der Waals surface area (Å²) in [5.74, 6) is 2.79. The van der Waals surface area contributed by atoms with Gasteiger partial charge in [-0.15, -0.1) is 0 Å². The van der Waals surface area contributed by atoms with E-state index in [0.717, 1.165) is 38.3 Å². The lowest BCUT2D eigenvalue weighted by molar-refractivity contribution is -0.127. The maximum Gasteiger partial charge on any atom is 0.136 e. The van der Waals surface area contributed by atoms with Crippen LogP contribution in [-0.4, -0.2) is 25.4 Å². The molecule has 112 valence electrons. The average molecular weight is 268 g/mol. The molecule has 0 aromatic rings. The van der Waals surface area contributed by atoms with Crippen molar-refractivity contribution in [2.45, 2.75) is 52.9 Å². The van der Waals surface area contributed by atoms with Gasteiger partial charge in [-0.3, -0.25) is 4.79 Å². The summed E-state index contributed by atoms with van der Waals surface area (Å²) in [7, 11) is 0. The first kappa shape index (κ1) is 16.6. The van der Waals surface area contributed by atoms with Crippen molar-refractivity contribution in [2.24, 2.45) is 29.4 Å². The van der Waals surface area contributed by atoms with Crippen LogP contribution >= 0.6 is 0 Å². The van der Waals surface area contributed by atoms with E-state index >= 15 is 0 Å². The number of nitrogens with two attached hydrogens (primary N) is 1. The third-order valence-corrected chi connectivity index (χ3v) is 4.53. The monoisotopic (exact) mass is 268 g/mol. The maximum absolute atomic E-state index is 12.4. The molecule has 0 heterocycles. The third kappa shape index (κ3) is 5.62. The molecule has 0 amide bonds. The number of ketones is 1. The number of rotatable bonds is 8. The minimum Gasteiger partial charge on any atom is -0.329 e. The van der Waals surface area contributed by atoms with Crippen molar-refractivity contribution in [3.63, 3.8) is 0 Å². The van der Waals surface area contributed by atoms with E-state index < -0.39 is 0 Å². The van der Waals surface area contributed by atoms with Crippen molar-refractivity contribution >= 4 is 5.78 Å². The molecule has 0 aromatic heterocycles. The summed E-state index contributed by atoms with van der Waals surface area (Å²) in [5, 5.41) is 3.26. The lowest BCUT2D eigenvalue weighted by Crippen LogP contribution is -2.33. The van der Waals surface area contributed by atoms with Crippen LogP contribution in [0, 0.1) is 23.7 Å². The molecular weight excluding hydrogens is 236 g/mol. The van der Waals surface area contributed by atoms with E-state index in [-0.39, 0.29) is 0 Å². The molecule has 1 aliphatic rings. The second kappa shape index (κ2) is 8.70. The van der Waals surface area contributed by atoms with E-state index in [1.165, 1.54) is 12.8 Å². The number of carbonyl (C=O) groups excluding carboxylic acids is 1. The largest absolute Gasteiger partial charge is 0.329 e. The van der Waals surface area contributed by atoms with Gasteiger partial charge < -0.3 is 11.1 Å². The number of Topliss-reactive ketones (excluding diaryl/α,β-unsaturated/α-hetero) is 1. The van der Waals surface area contributed by atoms with Gasteiger partial charge in [-0.05, 0) is 43.6 Å². The van der Waals surface area contributed by atoms with Gasteiger partial charge in [0.15, 0.2) is 0 Å². The van der Waals surface area contributed by atoms with E-state index in [1.54, 1.807) is 0 Å². The quantitative estimate of drug-likeness (QED) is 0.665. The van der Waals surface area contributed by atoms with E-state index in [0.29, 0.717) is 30.1 Å². The Bertz CT molecular complexity index is 265. The minimum absolute atomic E-state index is 0.318. The van der Waals surface area contributed by atoms with Crippen LogP contribution in [0.25, 0.3) is 0 Å². The molecule has 1 aliphatic carbocycles. The second-order valence-corrected chi connectivity index (χ2v) is 6.54. The average Bonchev–Trinajstić information content (AvgIpc) is 2.37. The Kier molecular flexibility index (Phi) is 7.62. The summed E-state index contributed by atoms with van der Waals surface area (Å²) in [6, 6.07) is 0. The fraction of sp³-hybridized carbons (Fsp3) is 0.938. The molecule has 3 atom stereocenters. The molecule has 1 saturated carbocycles. The molecule has 3 N–H and O–H groups in total. The predicted octanol–water partition coefficient (Wildman–Crippen LogP) is 2.59. The molecule has 3 heteroatoms. The van der Waals surface area contributed by atoms with Gasteiger partial charge in [0.1, 0.15) is 5.78 Å². The van der Waals surface area contributed by atoms with Gasteiger partial charge in [-0.1, -0.05) is 27.2 Å². The predicted molar refractivity (Wildman–Crippen MR) is 81.0 cm³/mol. The molecule has 3 nitrogen and oxygen atoms in total. The number of hydrogen-bond donors (Lipinski definition) is 2. The van der Waals surface area contributed by atoms with Crippen molar-refractivity contribution in [1.29, 1.82) is 0 Å². The standard InChI is InChI=1S/C16H32N2O/c1-12(2)14-7-6-13(3)11-15(14)16(19)5-4-9-18-10-8-17/h12-15,18H,4-11,17H2,1-3H3/t13-,14+,15-/m1/s1. The summed E-state index contributed by atoms with van der Waals surface area (Å²) >= 11 is 0. The summed E-state index contributed by atoms with van der Waals surface area (Å²) in [6.45, 7) is 9.26. The van der Waals surface area contributed by atoms with Crippen LogP contribution in [0.5, 0.6) is 0 Å². The molecule has 0 bridgehead atoms. The molecule has 1 rings (SSSR count). The molecule has 0 radical (unpaired) electrons. The van der Waals surface area contributed by atoms with Gasteiger partial charge in [0, 0.05) is 25.4 Å².